The minimum atomic E-state index is -0.426. The maximum atomic E-state index is 12.1. The van der Waals surface area contributed by atoms with Crippen molar-refractivity contribution in [3.8, 4) is 0 Å². The average molecular weight is 278 g/mol. The van der Waals surface area contributed by atoms with Crippen molar-refractivity contribution in [2.75, 3.05) is 0 Å². The minimum Gasteiger partial charge on any atom is -0.515 e. The van der Waals surface area contributed by atoms with Crippen LogP contribution in [0.1, 0.15) is 59.8 Å². The molecule has 1 heterocycles. The topological polar surface area (TPSA) is 46.5 Å². The number of aliphatic hydroxyl groups is 1. The third-order valence-corrected chi connectivity index (χ3v) is 6.49. The van der Waals surface area contributed by atoms with Gasteiger partial charge in [-0.1, -0.05) is 27.2 Å². The number of carbonyl (C=O) groups is 1. The van der Waals surface area contributed by atoms with E-state index in [-0.39, 0.29) is 17.3 Å². The molecule has 0 aromatic rings. The molecular formula is C17H26O3. The quantitative estimate of drug-likeness (QED) is 0.414. The van der Waals surface area contributed by atoms with E-state index in [1.807, 2.05) is 0 Å². The number of aliphatic hydroxyl groups excluding tert-OH is 1. The lowest BCUT2D eigenvalue weighted by atomic mass is 9.45. The highest BCUT2D eigenvalue weighted by Gasteiger charge is 2.64. The van der Waals surface area contributed by atoms with Crippen LogP contribution in [0, 0.1) is 22.7 Å². The highest BCUT2D eigenvalue weighted by atomic mass is 16.6. The number of carbonyl (C=O) groups excluding carboxylic acids is 1. The van der Waals surface area contributed by atoms with Crippen LogP contribution < -0.4 is 0 Å². The molecule has 112 valence electrons. The van der Waals surface area contributed by atoms with Crippen molar-refractivity contribution in [3.63, 3.8) is 0 Å². The summed E-state index contributed by atoms with van der Waals surface area (Å²) in [5.41, 5.74) is 0.428. The lowest BCUT2D eigenvalue weighted by Crippen LogP contribution is -2.56. The molecular weight excluding hydrogens is 252 g/mol. The van der Waals surface area contributed by atoms with Gasteiger partial charge >= 0.3 is 5.97 Å². The molecule has 2 saturated carbocycles. The van der Waals surface area contributed by atoms with Crippen LogP contribution >= 0.6 is 0 Å². The SMILES string of the molecule is CC1(C)CCC[C@]2(C)[C@H]3C(=CO)C(=O)O[C@]3(C)CC[C@@H]12. The molecule has 1 aliphatic heterocycles. The van der Waals surface area contributed by atoms with Gasteiger partial charge in [-0.05, 0) is 49.4 Å². The van der Waals surface area contributed by atoms with Gasteiger partial charge < -0.3 is 9.84 Å². The standard InChI is InChI=1S/C17H26O3/c1-15(2)7-5-8-16(3)12(15)6-9-17(4)13(16)11(10-18)14(19)20-17/h10,12-13,18H,5-9H2,1-4H3/t12-,13+,16-,17+/m0/s1. The van der Waals surface area contributed by atoms with Crippen LogP contribution in [0.25, 0.3) is 0 Å². The lowest BCUT2D eigenvalue weighted by Gasteiger charge is -2.59. The van der Waals surface area contributed by atoms with Crippen molar-refractivity contribution in [1.82, 2.24) is 0 Å². The second-order valence-corrected chi connectivity index (χ2v) is 8.16. The zero-order valence-corrected chi connectivity index (χ0v) is 13.0. The summed E-state index contributed by atoms with van der Waals surface area (Å²) in [6, 6.07) is 0. The van der Waals surface area contributed by atoms with Crippen molar-refractivity contribution < 1.29 is 14.6 Å². The Morgan fingerprint density at radius 3 is 2.55 bits per heavy atom. The highest BCUT2D eigenvalue weighted by Crippen LogP contribution is 2.65. The van der Waals surface area contributed by atoms with Crippen molar-refractivity contribution in [1.29, 1.82) is 0 Å². The number of hydrogen-bond acceptors (Lipinski definition) is 3. The van der Waals surface area contributed by atoms with Crippen molar-refractivity contribution in [2.45, 2.75) is 65.4 Å². The molecule has 3 rings (SSSR count). The first-order valence-corrected chi connectivity index (χ1v) is 7.82. The molecule has 0 amide bonds. The van der Waals surface area contributed by atoms with Gasteiger partial charge in [0.2, 0.25) is 0 Å². The number of hydrogen-bond donors (Lipinski definition) is 1. The van der Waals surface area contributed by atoms with Gasteiger partial charge in [-0.15, -0.1) is 0 Å². The summed E-state index contributed by atoms with van der Waals surface area (Å²) in [5, 5.41) is 9.56. The molecule has 3 nitrogen and oxygen atoms in total. The third kappa shape index (κ3) is 1.61. The monoisotopic (exact) mass is 278 g/mol. The Morgan fingerprint density at radius 2 is 1.90 bits per heavy atom. The number of rotatable bonds is 0. The summed E-state index contributed by atoms with van der Waals surface area (Å²) >= 11 is 0. The Balaban J connectivity index is 2.10. The molecule has 0 bridgehead atoms. The van der Waals surface area contributed by atoms with E-state index >= 15 is 0 Å². The summed E-state index contributed by atoms with van der Waals surface area (Å²) in [7, 11) is 0. The van der Waals surface area contributed by atoms with Crippen LogP contribution in [0.4, 0.5) is 0 Å². The Hall–Kier alpha value is -0.990. The molecule has 3 heteroatoms. The molecule has 3 aliphatic rings. The van der Waals surface area contributed by atoms with Crippen LogP contribution in [0.2, 0.25) is 0 Å². The third-order valence-electron chi connectivity index (χ3n) is 6.49. The number of ether oxygens (including phenoxy) is 1. The average Bonchev–Trinajstić information content (AvgIpc) is 2.59. The molecule has 1 N–H and O–H groups in total. The van der Waals surface area contributed by atoms with E-state index < -0.39 is 5.60 Å². The van der Waals surface area contributed by atoms with Crippen LogP contribution in [-0.4, -0.2) is 16.7 Å². The van der Waals surface area contributed by atoms with Gasteiger partial charge in [-0.2, -0.15) is 0 Å². The highest BCUT2D eigenvalue weighted by molar-refractivity contribution is 5.92. The maximum Gasteiger partial charge on any atom is 0.338 e. The molecule has 0 radical (unpaired) electrons. The maximum absolute atomic E-state index is 12.1. The van der Waals surface area contributed by atoms with E-state index in [1.54, 1.807) is 0 Å². The van der Waals surface area contributed by atoms with E-state index in [0.29, 0.717) is 16.9 Å². The molecule has 1 saturated heterocycles. The lowest BCUT2D eigenvalue weighted by molar-refractivity contribution is -0.164. The molecule has 4 atom stereocenters. The first-order chi connectivity index (χ1) is 9.24. The Morgan fingerprint density at radius 1 is 1.20 bits per heavy atom. The predicted octanol–water partition coefficient (Wildman–Crippen LogP) is 3.99. The summed E-state index contributed by atoms with van der Waals surface area (Å²) < 4.78 is 5.67. The Bertz CT molecular complexity index is 479. The molecule has 2 aliphatic carbocycles. The van der Waals surface area contributed by atoms with E-state index in [9.17, 15) is 9.90 Å². The predicted molar refractivity (Wildman–Crippen MR) is 77.2 cm³/mol. The summed E-state index contributed by atoms with van der Waals surface area (Å²) in [6.45, 7) is 9.08. The van der Waals surface area contributed by atoms with Gasteiger partial charge in [-0.25, -0.2) is 4.79 Å². The fourth-order valence-corrected chi connectivity index (χ4v) is 5.81. The first-order valence-electron chi connectivity index (χ1n) is 7.82. The van der Waals surface area contributed by atoms with E-state index in [1.165, 1.54) is 12.8 Å². The molecule has 3 fully saturated rings. The van der Waals surface area contributed by atoms with Gasteiger partial charge in [0.1, 0.15) is 5.60 Å². The summed E-state index contributed by atoms with van der Waals surface area (Å²) in [5.74, 6) is 0.308. The molecule has 20 heavy (non-hydrogen) atoms. The van der Waals surface area contributed by atoms with Crippen molar-refractivity contribution in [2.24, 2.45) is 22.7 Å². The molecule has 0 spiro atoms. The van der Waals surface area contributed by atoms with Gasteiger partial charge in [0.25, 0.3) is 0 Å². The van der Waals surface area contributed by atoms with Crippen molar-refractivity contribution >= 4 is 5.97 Å². The zero-order chi connectivity index (χ0) is 14.8. The number of fused-ring (bicyclic) bond motifs is 3. The van der Waals surface area contributed by atoms with E-state index in [4.69, 9.17) is 4.74 Å². The molecule has 0 aromatic carbocycles. The van der Waals surface area contributed by atoms with Crippen LogP contribution in [0.15, 0.2) is 11.8 Å². The smallest absolute Gasteiger partial charge is 0.338 e. The fraction of sp³-hybridized carbons (Fsp3) is 0.824. The van der Waals surface area contributed by atoms with Crippen LogP contribution in [0.3, 0.4) is 0 Å². The van der Waals surface area contributed by atoms with Gasteiger partial charge in [-0.3, -0.25) is 0 Å². The number of esters is 1. The van der Waals surface area contributed by atoms with E-state index in [2.05, 4.69) is 27.7 Å². The van der Waals surface area contributed by atoms with Gasteiger partial charge in [0.15, 0.2) is 0 Å². The van der Waals surface area contributed by atoms with Crippen molar-refractivity contribution in [3.05, 3.63) is 11.8 Å². The van der Waals surface area contributed by atoms with E-state index in [0.717, 1.165) is 25.5 Å². The summed E-state index contributed by atoms with van der Waals surface area (Å²) in [4.78, 5) is 12.1. The second kappa shape index (κ2) is 4.02. The van der Waals surface area contributed by atoms with Crippen LogP contribution in [-0.2, 0) is 9.53 Å². The molecule has 0 unspecified atom stereocenters. The largest absolute Gasteiger partial charge is 0.515 e. The fourth-order valence-electron chi connectivity index (χ4n) is 5.81. The Labute approximate surface area is 121 Å². The van der Waals surface area contributed by atoms with Gasteiger partial charge in [0.05, 0.1) is 11.8 Å². The first kappa shape index (κ1) is 14.0. The Kier molecular flexibility index (Phi) is 2.81. The van der Waals surface area contributed by atoms with Crippen LogP contribution in [0.5, 0.6) is 0 Å². The zero-order valence-electron chi connectivity index (χ0n) is 13.0. The minimum absolute atomic E-state index is 0.0332. The van der Waals surface area contributed by atoms with Gasteiger partial charge in [0, 0.05) is 5.92 Å². The normalized spacial score (nSPS) is 48.6. The summed E-state index contributed by atoms with van der Waals surface area (Å²) in [6.07, 6.45) is 6.60. The second-order valence-electron chi connectivity index (χ2n) is 8.16. The molecule has 0 aromatic heterocycles.